The van der Waals surface area contributed by atoms with Crippen molar-refractivity contribution in [3.8, 4) is 17.2 Å². The monoisotopic (exact) mass is 384 g/mol. The summed E-state index contributed by atoms with van der Waals surface area (Å²) in [6.45, 7) is 0. The first-order chi connectivity index (χ1) is 12.5. The minimum atomic E-state index is -2.41. The lowest BCUT2D eigenvalue weighted by molar-refractivity contribution is 0.367. The standard InChI is InChI=1S/C19H17N2O3PS/c22-17-12-11-14(18(23)19(17)24)13-20-21-25(26,15-7-3-1-4-8-15)16-9-5-2-6-10-16/h1-13,22-24H,(H,21,26). The molecule has 0 fully saturated rings. The minimum absolute atomic E-state index is 0.260. The summed E-state index contributed by atoms with van der Waals surface area (Å²) in [4.78, 5) is 0. The maximum absolute atomic E-state index is 9.90. The van der Waals surface area contributed by atoms with Crippen LogP contribution in [0.2, 0.25) is 0 Å². The summed E-state index contributed by atoms with van der Waals surface area (Å²) in [5.74, 6) is -1.42. The van der Waals surface area contributed by atoms with E-state index in [1.54, 1.807) is 0 Å². The van der Waals surface area contributed by atoms with Crippen LogP contribution in [0.15, 0.2) is 77.9 Å². The summed E-state index contributed by atoms with van der Waals surface area (Å²) in [7, 11) is 0. The Bertz CT molecular complexity index is 935. The van der Waals surface area contributed by atoms with Gasteiger partial charge in [0.05, 0.1) is 6.21 Å². The molecule has 132 valence electrons. The van der Waals surface area contributed by atoms with Crippen molar-refractivity contribution in [3.05, 3.63) is 78.4 Å². The molecule has 26 heavy (non-hydrogen) atoms. The number of nitrogens with zero attached hydrogens (tertiary/aromatic N) is 1. The van der Waals surface area contributed by atoms with Crippen molar-refractivity contribution in [2.75, 3.05) is 0 Å². The lowest BCUT2D eigenvalue weighted by atomic mass is 10.2. The molecule has 5 nitrogen and oxygen atoms in total. The predicted octanol–water partition coefficient (Wildman–Crippen LogP) is 2.77. The van der Waals surface area contributed by atoms with E-state index in [1.807, 2.05) is 60.7 Å². The molecule has 3 aromatic carbocycles. The van der Waals surface area contributed by atoms with Crippen LogP contribution in [0.1, 0.15) is 5.56 Å². The molecule has 0 saturated heterocycles. The average Bonchev–Trinajstić information content (AvgIpc) is 2.69. The Morgan fingerprint density at radius 1 is 0.769 bits per heavy atom. The van der Waals surface area contributed by atoms with Gasteiger partial charge in [-0.3, -0.25) is 5.20 Å². The summed E-state index contributed by atoms with van der Waals surface area (Å²) >= 11 is 5.96. The predicted molar refractivity (Wildman–Crippen MR) is 109 cm³/mol. The lowest BCUT2D eigenvalue weighted by Gasteiger charge is -2.22. The zero-order chi connectivity index (χ0) is 18.6. The molecule has 0 heterocycles. The van der Waals surface area contributed by atoms with E-state index in [2.05, 4.69) is 10.3 Å². The van der Waals surface area contributed by atoms with Gasteiger partial charge in [-0.15, -0.1) is 0 Å². The van der Waals surface area contributed by atoms with Gasteiger partial charge in [0.1, 0.15) is 6.19 Å². The number of phenols is 3. The molecule has 0 spiro atoms. The highest BCUT2D eigenvalue weighted by Gasteiger charge is 2.21. The first-order valence-corrected chi connectivity index (χ1v) is 10.6. The zero-order valence-corrected chi connectivity index (χ0v) is 15.4. The first-order valence-electron chi connectivity index (χ1n) is 7.78. The Labute approximate surface area is 156 Å². The summed E-state index contributed by atoms with van der Waals surface area (Å²) in [5.41, 5.74) is 0.260. The summed E-state index contributed by atoms with van der Waals surface area (Å²) in [5, 5.41) is 38.1. The summed E-state index contributed by atoms with van der Waals surface area (Å²) < 4.78 is 0. The minimum Gasteiger partial charge on any atom is -0.504 e. The van der Waals surface area contributed by atoms with Gasteiger partial charge in [0.15, 0.2) is 11.5 Å². The van der Waals surface area contributed by atoms with Crippen LogP contribution in [-0.2, 0) is 11.8 Å². The Balaban J connectivity index is 1.96. The molecule has 0 aliphatic rings. The van der Waals surface area contributed by atoms with Crippen molar-refractivity contribution in [3.63, 3.8) is 0 Å². The molecule has 0 saturated carbocycles. The van der Waals surface area contributed by atoms with Gasteiger partial charge in [-0.2, -0.15) is 5.10 Å². The second kappa shape index (κ2) is 7.60. The van der Waals surface area contributed by atoms with E-state index in [0.29, 0.717) is 0 Å². The molecule has 0 bridgehead atoms. The third-order valence-electron chi connectivity index (χ3n) is 3.80. The molecule has 0 unspecified atom stereocenters. The van der Waals surface area contributed by atoms with Crippen LogP contribution in [-0.4, -0.2) is 21.5 Å². The van der Waals surface area contributed by atoms with Crippen LogP contribution in [0.5, 0.6) is 17.2 Å². The van der Waals surface area contributed by atoms with E-state index >= 15 is 0 Å². The van der Waals surface area contributed by atoms with Gasteiger partial charge in [0.25, 0.3) is 0 Å². The smallest absolute Gasteiger partial charge is 0.200 e. The fourth-order valence-electron chi connectivity index (χ4n) is 2.41. The Kier molecular flexibility index (Phi) is 5.26. The van der Waals surface area contributed by atoms with E-state index < -0.39 is 23.4 Å². The van der Waals surface area contributed by atoms with Crippen LogP contribution >= 0.6 is 6.19 Å². The molecule has 7 heteroatoms. The number of aromatic hydroxyl groups is 3. The lowest BCUT2D eigenvalue weighted by Crippen LogP contribution is -2.24. The van der Waals surface area contributed by atoms with E-state index in [9.17, 15) is 15.3 Å². The fourth-order valence-corrected chi connectivity index (χ4v) is 5.21. The van der Waals surface area contributed by atoms with Crippen LogP contribution in [0, 0.1) is 0 Å². The van der Waals surface area contributed by atoms with Crippen molar-refractivity contribution < 1.29 is 15.3 Å². The van der Waals surface area contributed by atoms with Crippen LogP contribution < -0.4 is 15.8 Å². The second-order valence-electron chi connectivity index (χ2n) is 5.51. The molecule has 0 aromatic heterocycles. The number of benzene rings is 3. The van der Waals surface area contributed by atoms with E-state index in [4.69, 9.17) is 11.8 Å². The molecule has 3 aromatic rings. The van der Waals surface area contributed by atoms with Crippen molar-refractivity contribution in [1.82, 2.24) is 5.20 Å². The molecule has 3 rings (SSSR count). The third kappa shape index (κ3) is 3.57. The number of hydrazone groups is 1. The quantitative estimate of drug-likeness (QED) is 0.235. The summed E-state index contributed by atoms with van der Waals surface area (Å²) in [6.07, 6.45) is -1.04. The summed E-state index contributed by atoms with van der Waals surface area (Å²) in [6, 6.07) is 22.1. The maximum atomic E-state index is 9.90. The number of phenolic OH excluding ortho intramolecular Hbond substituents is 3. The van der Waals surface area contributed by atoms with E-state index in [-0.39, 0.29) is 5.56 Å². The van der Waals surface area contributed by atoms with Gasteiger partial charge in [0, 0.05) is 16.2 Å². The molecule has 0 aliphatic carbocycles. The van der Waals surface area contributed by atoms with E-state index in [1.165, 1.54) is 18.3 Å². The highest BCUT2D eigenvalue weighted by Crippen LogP contribution is 2.39. The van der Waals surface area contributed by atoms with Gasteiger partial charge in [-0.1, -0.05) is 72.5 Å². The Hall–Kier alpha value is -2.82. The number of hydrogen-bond acceptors (Lipinski definition) is 5. The second-order valence-corrected chi connectivity index (χ2v) is 9.60. The number of hydrogen-bond donors (Lipinski definition) is 4. The normalized spacial score (nSPS) is 11.5. The molecular weight excluding hydrogens is 367 g/mol. The fraction of sp³-hybridized carbons (Fsp3) is 0. The highest BCUT2D eigenvalue weighted by atomic mass is 32.4. The molecule has 0 atom stereocenters. The molecule has 0 aliphatic heterocycles. The van der Waals surface area contributed by atoms with Crippen LogP contribution in [0.4, 0.5) is 0 Å². The first kappa shape index (κ1) is 18.0. The van der Waals surface area contributed by atoms with Gasteiger partial charge in [-0.25, -0.2) is 0 Å². The maximum Gasteiger partial charge on any atom is 0.200 e. The molecule has 0 amide bonds. The number of rotatable bonds is 5. The Morgan fingerprint density at radius 2 is 1.31 bits per heavy atom. The van der Waals surface area contributed by atoms with Gasteiger partial charge in [0.2, 0.25) is 5.75 Å². The van der Waals surface area contributed by atoms with Crippen molar-refractivity contribution >= 4 is 34.8 Å². The average molecular weight is 384 g/mol. The van der Waals surface area contributed by atoms with Crippen molar-refractivity contribution in [2.24, 2.45) is 5.10 Å². The van der Waals surface area contributed by atoms with Crippen LogP contribution in [0.25, 0.3) is 0 Å². The van der Waals surface area contributed by atoms with Gasteiger partial charge in [-0.05, 0) is 12.1 Å². The topological polar surface area (TPSA) is 85.1 Å². The SMILES string of the molecule is Oc1ccc(C=NNP(=S)(c2ccccc2)c2ccccc2)c(O)c1O. The van der Waals surface area contributed by atoms with Gasteiger partial charge >= 0.3 is 0 Å². The molecule has 0 radical (unpaired) electrons. The van der Waals surface area contributed by atoms with E-state index in [0.717, 1.165) is 10.6 Å². The zero-order valence-electron chi connectivity index (χ0n) is 13.6. The number of nitrogens with one attached hydrogen (secondary N) is 1. The molecular formula is C19H17N2O3PS. The van der Waals surface area contributed by atoms with Gasteiger partial charge < -0.3 is 15.3 Å². The van der Waals surface area contributed by atoms with Crippen LogP contribution in [0.3, 0.4) is 0 Å². The van der Waals surface area contributed by atoms with Crippen molar-refractivity contribution in [1.29, 1.82) is 0 Å². The highest BCUT2D eigenvalue weighted by molar-refractivity contribution is 8.20. The van der Waals surface area contributed by atoms with Crippen molar-refractivity contribution in [2.45, 2.75) is 0 Å². The largest absolute Gasteiger partial charge is 0.504 e. The molecule has 4 N–H and O–H groups in total. The third-order valence-corrected chi connectivity index (χ3v) is 7.76. The Morgan fingerprint density at radius 3 is 1.85 bits per heavy atom.